The van der Waals surface area contributed by atoms with E-state index in [-0.39, 0.29) is 0 Å². The van der Waals surface area contributed by atoms with Crippen LogP contribution in [0, 0.1) is 0 Å². The second-order valence-electron chi connectivity index (χ2n) is 14.6. The molecule has 0 aliphatic carbocycles. The van der Waals surface area contributed by atoms with Gasteiger partial charge in [-0.05, 0) is 71.4 Å². The van der Waals surface area contributed by atoms with Crippen molar-refractivity contribution in [1.29, 1.82) is 0 Å². The highest BCUT2D eigenvalue weighted by molar-refractivity contribution is 7.03. The Kier molecular flexibility index (Phi) is 6.37. The number of hydrogen-bond acceptors (Lipinski definition) is 2. The molecule has 4 nitrogen and oxygen atoms in total. The van der Waals surface area contributed by atoms with Crippen LogP contribution in [0.4, 0.5) is 0 Å². The van der Waals surface area contributed by atoms with Gasteiger partial charge in [0.15, 0.2) is 5.82 Å². The van der Waals surface area contributed by atoms with Gasteiger partial charge < -0.3 is 9.13 Å². The molecule has 4 heterocycles. The molecule has 0 spiro atoms. The molecule has 0 amide bonds. The molecular formula is C48H34N4Si. The molecule has 11 rings (SSSR count). The maximum atomic E-state index is 5.40. The summed E-state index contributed by atoms with van der Waals surface area (Å²) in [5.74, 6) is 0.778. The molecule has 53 heavy (non-hydrogen) atoms. The summed E-state index contributed by atoms with van der Waals surface area (Å²) in [6.07, 6.45) is 0. The molecule has 250 valence electrons. The second kappa shape index (κ2) is 11.2. The quantitative estimate of drug-likeness (QED) is 0.172. The minimum absolute atomic E-state index is 0.778. The first-order valence-corrected chi connectivity index (χ1v) is 21.3. The van der Waals surface area contributed by atoms with Gasteiger partial charge in [0.25, 0.3) is 0 Å². The van der Waals surface area contributed by atoms with Crippen molar-refractivity contribution in [2.24, 2.45) is 0 Å². The minimum Gasteiger partial charge on any atom is -0.309 e. The van der Waals surface area contributed by atoms with Crippen LogP contribution in [0.15, 0.2) is 170 Å². The fourth-order valence-electron chi connectivity index (χ4n) is 8.89. The highest BCUT2D eigenvalue weighted by Crippen LogP contribution is 2.42. The van der Waals surface area contributed by atoms with Crippen molar-refractivity contribution in [1.82, 2.24) is 19.1 Å². The number of aromatic nitrogens is 4. The minimum atomic E-state index is -2.04. The molecule has 0 fully saturated rings. The van der Waals surface area contributed by atoms with Gasteiger partial charge in [0, 0.05) is 54.9 Å². The first-order chi connectivity index (χ1) is 26.1. The number of rotatable bonds is 4. The zero-order valence-electron chi connectivity index (χ0n) is 29.5. The van der Waals surface area contributed by atoms with Crippen molar-refractivity contribution < 1.29 is 0 Å². The maximum Gasteiger partial charge on any atom is 0.159 e. The van der Waals surface area contributed by atoms with Crippen molar-refractivity contribution >= 4 is 62.2 Å². The Balaban J connectivity index is 1.11. The fourth-order valence-corrected chi connectivity index (χ4v) is 11.8. The third-order valence-electron chi connectivity index (χ3n) is 11.3. The molecule has 7 aromatic carbocycles. The normalized spacial score (nSPS) is 13.2. The van der Waals surface area contributed by atoms with Gasteiger partial charge in [-0.25, -0.2) is 9.97 Å². The van der Waals surface area contributed by atoms with E-state index in [9.17, 15) is 0 Å². The zero-order valence-corrected chi connectivity index (χ0v) is 30.5. The molecule has 0 saturated heterocycles. The van der Waals surface area contributed by atoms with E-state index in [1.54, 1.807) is 0 Å². The van der Waals surface area contributed by atoms with Gasteiger partial charge in [0.05, 0.1) is 27.8 Å². The van der Waals surface area contributed by atoms with Gasteiger partial charge in [-0.2, -0.15) is 0 Å². The molecule has 3 aromatic heterocycles. The highest BCUT2D eigenvalue weighted by atomic mass is 28.3. The van der Waals surface area contributed by atoms with Crippen molar-refractivity contribution in [3.8, 4) is 45.1 Å². The van der Waals surface area contributed by atoms with Crippen LogP contribution in [0.3, 0.4) is 0 Å². The molecule has 0 bridgehead atoms. The van der Waals surface area contributed by atoms with Crippen LogP contribution >= 0.6 is 0 Å². The van der Waals surface area contributed by atoms with Crippen LogP contribution in [0.2, 0.25) is 13.1 Å². The van der Waals surface area contributed by atoms with E-state index >= 15 is 0 Å². The third kappa shape index (κ3) is 4.29. The summed E-state index contributed by atoms with van der Waals surface area (Å²) in [6.45, 7) is 4.84. The van der Waals surface area contributed by atoms with E-state index in [0.717, 1.165) is 34.0 Å². The van der Waals surface area contributed by atoms with E-state index < -0.39 is 8.07 Å². The standard InChI is InChI=1S/C48H34N4Si/c1-53(2)42-24-14-11-21-37(42)45-46(31-15-5-3-6-16-31)49-47(50-48(45)53)32-25-27-34(28-26-32)52-39-23-13-10-20-36(39)44-41(52)30-29-40-43(44)35-19-9-12-22-38(35)51(40)33-17-7-4-8-18-33/h3-30H,1-2H3. The average Bonchev–Trinajstić information content (AvgIpc) is 3.81. The first kappa shape index (κ1) is 30.1. The zero-order chi connectivity index (χ0) is 35.3. The average molecular weight is 695 g/mol. The summed E-state index contributed by atoms with van der Waals surface area (Å²) in [5.41, 5.74) is 12.7. The lowest BCUT2D eigenvalue weighted by atomic mass is 10.0. The van der Waals surface area contributed by atoms with Gasteiger partial charge in [0.2, 0.25) is 0 Å². The lowest BCUT2D eigenvalue weighted by Gasteiger charge is -2.19. The van der Waals surface area contributed by atoms with Crippen LogP contribution in [0.25, 0.3) is 88.8 Å². The summed E-state index contributed by atoms with van der Waals surface area (Å²) >= 11 is 0. The number of benzene rings is 7. The summed E-state index contributed by atoms with van der Waals surface area (Å²) in [5, 5.41) is 7.70. The van der Waals surface area contributed by atoms with Crippen LogP contribution in [0.5, 0.6) is 0 Å². The SMILES string of the molecule is C[Si]1(C)c2ccccc2-c2c(-c3ccccc3)nc(-c3ccc(-n4c5ccccc5c5c6c7ccccc7n(-c7ccccc7)c6ccc54)cc3)nc21. The Morgan fingerprint density at radius 2 is 0.962 bits per heavy atom. The van der Waals surface area contributed by atoms with Gasteiger partial charge in [-0.15, -0.1) is 0 Å². The maximum absolute atomic E-state index is 5.40. The smallest absolute Gasteiger partial charge is 0.159 e. The van der Waals surface area contributed by atoms with Crippen molar-refractivity contribution in [2.75, 3.05) is 0 Å². The van der Waals surface area contributed by atoms with Crippen molar-refractivity contribution in [3.63, 3.8) is 0 Å². The van der Waals surface area contributed by atoms with Gasteiger partial charge >= 0.3 is 0 Å². The van der Waals surface area contributed by atoms with Crippen molar-refractivity contribution in [2.45, 2.75) is 13.1 Å². The van der Waals surface area contributed by atoms with E-state index in [1.165, 1.54) is 65.2 Å². The van der Waals surface area contributed by atoms with E-state index in [4.69, 9.17) is 9.97 Å². The summed E-state index contributed by atoms with van der Waals surface area (Å²) in [6, 6.07) is 61.2. The molecule has 0 saturated carbocycles. The highest BCUT2D eigenvalue weighted by Gasteiger charge is 2.41. The van der Waals surface area contributed by atoms with Crippen LogP contribution in [-0.4, -0.2) is 27.2 Å². The summed E-state index contributed by atoms with van der Waals surface area (Å²) in [4.78, 5) is 10.7. The van der Waals surface area contributed by atoms with Crippen LogP contribution in [0.1, 0.15) is 0 Å². The molecule has 10 aromatic rings. The third-order valence-corrected chi connectivity index (χ3v) is 14.6. The van der Waals surface area contributed by atoms with Gasteiger partial charge in [0.1, 0.15) is 8.07 Å². The van der Waals surface area contributed by atoms with E-state index in [1.807, 2.05) is 0 Å². The fraction of sp³-hybridized carbons (Fsp3) is 0.0417. The van der Waals surface area contributed by atoms with E-state index in [2.05, 4.69) is 192 Å². The molecule has 0 radical (unpaired) electrons. The monoisotopic (exact) mass is 694 g/mol. The Morgan fingerprint density at radius 3 is 1.60 bits per heavy atom. The molecule has 0 atom stereocenters. The molecule has 0 unspecified atom stereocenters. The summed E-state index contributed by atoms with van der Waals surface area (Å²) < 4.78 is 4.81. The number of hydrogen-bond donors (Lipinski definition) is 0. The lowest BCUT2D eigenvalue weighted by Crippen LogP contribution is -2.50. The van der Waals surface area contributed by atoms with Crippen LogP contribution in [-0.2, 0) is 0 Å². The topological polar surface area (TPSA) is 35.6 Å². The predicted molar refractivity (Wildman–Crippen MR) is 224 cm³/mol. The largest absolute Gasteiger partial charge is 0.309 e. The summed E-state index contributed by atoms with van der Waals surface area (Å²) in [7, 11) is -2.04. The van der Waals surface area contributed by atoms with Crippen molar-refractivity contribution in [3.05, 3.63) is 170 Å². The lowest BCUT2D eigenvalue weighted by molar-refractivity contribution is 1.17. The van der Waals surface area contributed by atoms with Gasteiger partial charge in [-0.3, -0.25) is 0 Å². The Hall–Kier alpha value is -6.56. The number of fused-ring (bicyclic) bond motifs is 10. The molecular weight excluding hydrogens is 661 g/mol. The molecule has 0 N–H and O–H groups in total. The van der Waals surface area contributed by atoms with Crippen LogP contribution < -0.4 is 10.5 Å². The van der Waals surface area contributed by atoms with E-state index in [0.29, 0.717) is 0 Å². The molecule has 1 aliphatic heterocycles. The first-order valence-electron chi connectivity index (χ1n) is 18.3. The predicted octanol–water partition coefficient (Wildman–Crippen LogP) is 10.8. The Bertz CT molecular complexity index is 3070. The number of para-hydroxylation sites is 3. The molecule has 5 heteroatoms. The molecule has 1 aliphatic rings. The van der Waals surface area contributed by atoms with Gasteiger partial charge in [-0.1, -0.05) is 122 Å². The Labute approximate surface area is 308 Å². The number of nitrogens with zero attached hydrogens (tertiary/aromatic N) is 4. The second-order valence-corrected chi connectivity index (χ2v) is 18.9. The Morgan fingerprint density at radius 1 is 0.434 bits per heavy atom.